The van der Waals surface area contributed by atoms with Gasteiger partial charge in [0.25, 0.3) is 0 Å². The Bertz CT molecular complexity index is 523. The molecule has 1 aromatic heterocycles. The van der Waals surface area contributed by atoms with E-state index in [-0.39, 0.29) is 17.5 Å². The van der Waals surface area contributed by atoms with E-state index in [0.717, 1.165) is 0 Å². The normalized spacial score (nSPS) is 10.4. The number of rotatable bonds is 1. The highest BCUT2D eigenvalue weighted by atomic mass is 19.1. The lowest BCUT2D eigenvalue weighted by Gasteiger charge is -2.01. The standard InChI is InChI=1S/C10H6F2N2/c11-8-5-6-2-4-14-10(6)9(12)7(8)1-3-13/h2,4-5,14H,1H2. The van der Waals surface area contributed by atoms with Crippen LogP contribution in [0, 0.1) is 23.0 Å². The van der Waals surface area contributed by atoms with E-state index < -0.39 is 11.6 Å². The number of H-pyrrole nitrogens is 1. The maximum Gasteiger partial charge on any atom is 0.154 e. The highest BCUT2D eigenvalue weighted by Gasteiger charge is 2.13. The molecule has 2 aromatic rings. The second kappa shape index (κ2) is 3.11. The molecule has 0 spiro atoms. The predicted molar refractivity (Wildman–Crippen MR) is 47.5 cm³/mol. The van der Waals surface area contributed by atoms with Crippen molar-refractivity contribution in [2.75, 3.05) is 0 Å². The predicted octanol–water partition coefficient (Wildman–Crippen LogP) is 2.51. The topological polar surface area (TPSA) is 39.6 Å². The largest absolute Gasteiger partial charge is 0.359 e. The SMILES string of the molecule is N#CCc1c(F)cc2cc[nH]c2c1F. The number of fused-ring (bicyclic) bond motifs is 1. The van der Waals surface area contributed by atoms with Gasteiger partial charge in [0.05, 0.1) is 18.0 Å². The van der Waals surface area contributed by atoms with E-state index in [1.165, 1.54) is 12.3 Å². The van der Waals surface area contributed by atoms with Gasteiger partial charge in [-0.05, 0) is 12.1 Å². The molecule has 0 radical (unpaired) electrons. The van der Waals surface area contributed by atoms with E-state index in [4.69, 9.17) is 5.26 Å². The maximum atomic E-state index is 13.5. The third-order valence-electron chi connectivity index (χ3n) is 2.09. The molecule has 0 amide bonds. The second-order valence-corrected chi connectivity index (χ2v) is 2.93. The molecule has 0 saturated carbocycles. The minimum atomic E-state index is -0.674. The molecule has 0 aliphatic rings. The van der Waals surface area contributed by atoms with Crippen molar-refractivity contribution in [3.63, 3.8) is 0 Å². The van der Waals surface area contributed by atoms with Crippen LogP contribution in [0.1, 0.15) is 5.56 Å². The van der Waals surface area contributed by atoms with Gasteiger partial charge < -0.3 is 4.98 Å². The van der Waals surface area contributed by atoms with Crippen molar-refractivity contribution in [3.05, 3.63) is 35.5 Å². The van der Waals surface area contributed by atoms with E-state index >= 15 is 0 Å². The molecule has 1 N–H and O–H groups in total. The van der Waals surface area contributed by atoms with E-state index in [1.54, 1.807) is 12.1 Å². The van der Waals surface area contributed by atoms with Gasteiger partial charge in [-0.25, -0.2) is 8.78 Å². The summed E-state index contributed by atoms with van der Waals surface area (Å²) >= 11 is 0. The first-order valence-corrected chi connectivity index (χ1v) is 4.05. The van der Waals surface area contributed by atoms with E-state index in [0.29, 0.717) is 5.39 Å². The van der Waals surface area contributed by atoms with Crippen LogP contribution in [0.15, 0.2) is 18.3 Å². The number of halogens is 2. The van der Waals surface area contributed by atoms with Crippen LogP contribution in [0.3, 0.4) is 0 Å². The summed E-state index contributed by atoms with van der Waals surface area (Å²) in [5, 5.41) is 8.87. The summed E-state index contributed by atoms with van der Waals surface area (Å²) < 4.78 is 26.8. The molecule has 14 heavy (non-hydrogen) atoms. The first-order valence-electron chi connectivity index (χ1n) is 4.05. The second-order valence-electron chi connectivity index (χ2n) is 2.93. The lowest BCUT2D eigenvalue weighted by Crippen LogP contribution is -1.95. The molecule has 0 bridgehead atoms. The summed E-state index contributed by atoms with van der Waals surface area (Å²) in [4.78, 5) is 2.66. The third kappa shape index (κ3) is 1.14. The molecule has 2 nitrogen and oxygen atoms in total. The van der Waals surface area contributed by atoms with Crippen LogP contribution in [-0.4, -0.2) is 4.98 Å². The zero-order chi connectivity index (χ0) is 10.1. The Morgan fingerprint density at radius 2 is 2.21 bits per heavy atom. The average molecular weight is 192 g/mol. The molecule has 0 atom stereocenters. The fourth-order valence-electron chi connectivity index (χ4n) is 1.41. The quantitative estimate of drug-likeness (QED) is 0.740. The minimum Gasteiger partial charge on any atom is -0.359 e. The fraction of sp³-hybridized carbons (Fsp3) is 0.100. The summed E-state index contributed by atoms with van der Waals surface area (Å²) in [6.07, 6.45) is 1.27. The van der Waals surface area contributed by atoms with Gasteiger partial charge in [-0.1, -0.05) is 0 Å². The number of nitrogens with zero attached hydrogens (tertiary/aromatic N) is 1. The van der Waals surface area contributed by atoms with Gasteiger partial charge in [-0.15, -0.1) is 0 Å². The fourth-order valence-corrected chi connectivity index (χ4v) is 1.41. The highest BCUT2D eigenvalue weighted by molar-refractivity contribution is 5.80. The van der Waals surface area contributed by atoms with Crippen LogP contribution >= 0.6 is 0 Å². The molecular formula is C10H6F2N2. The van der Waals surface area contributed by atoms with Crippen molar-refractivity contribution in [1.29, 1.82) is 5.26 Å². The Labute approximate surface area is 78.8 Å². The summed E-state index contributed by atoms with van der Waals surface area (Å²) in [6, 6.07) is 4.53. The molecule has 4 heteroatoms. The average Bonchev–Trinajstić information content (AvgIpc) is 2.60. The van der Waals surface area contributed by atoms with Crippen LogP contribution in [0.25, 0.3) is 10.9 Å². The van der Waals surface area contributed by atoms with Crippen molar-refractivity contribution < 1.29 is 8.78 Å². The first-order chi connectivity index (χ1) is 6.74. The van der Waals surface area contributed by atoms with Crippen molar-refractivity contribution in [1.82, 2.24) is 4.98 Å². The Hall–Kier alpha value is -1.89. The van der Waals surface area contributed by atoms with Gasteiger partial charge in [-0.2, -0.15) is 5.26 Å². The number of benzene rings is 1. The van der Waals surface area contributed by atoms with Crippen LogP contribution in [0.4, 0.5) is 8.78 Å². The van der Waals surface area contributed by atoms with Crippen LogP contribution in [0.2, 0.25) is 0 Å². The Morgan fingerprint density at radius 1 is 1.43 bits per heavy atom. The molecular weight excluding hydrogens is 186 g/mol. The first kappa shape index (κ1) is 8.70. The van der Waals surface area contributed by atoms with Crippen molar-refractivity contribution in [2.24, 2.45) is 0 Å². The van der Waals surface area contributed by atoms with E-state index in [1.807, 2.05) is 0 Å². The highest BCUT2D eigenvalue weighted by Crippen LogP contribution is 2.22. The van der Waals surface area contributed by atoms with Crippen molar-refractivity contribution in [3.8, 4) is 6.07 Å². The Morgan fingerprint density at radius 3 is 2.93 bits per heavy atom. The number of nitrogens with one attached hydrogen (secondary N) is 1. The van der Waals surface area contributed by atoms with E-state index in [9.17, 15) is 8.78 Å². The molecule has 0 aliphatic heterocycles. The van der Waals surface area contributed by atoms with Gasteiger partial charge in [0, 0.05) is 17.1 Å². The van der Waals surface area contributed by atoms with Crippen LogP contribution in [-0.2, 0) is 6.42 Å². The molecule has 0 unspecified atom stereocenters. The maximum absolute atomic E-state index is 13.5. The zero-order valence-electron chi connectivity index (χ0n) is 7.14. The van der Waals surface area contributed by atoms with Gasteiger partial charge in [0.15, 0.2) is 5.82 Å². The Kier molecular flexibility index (Phi) is 1.93. The lowest BCUT2D eigenvalue weighted by atomic mass is 10.1. The summed E-state index contributed by atoms with van der Waals surface area (Å²) in [7, 11) is 0. The number of hydrogen-bond donors (Lipinski definition) is 1. The van der Waals surface area contributed by atoms with Gasteiger partial charge in [0.2, 0.25) is 0 Å². The minimum absolute atomic E-state index is 0.178. The molecule has 2 rings (SSSR count). The zero-order valence-corrected chi connectivity index (χ0v) is 7.14. The Balaban J connectivity index is 2.77. The summed E-state index contributed by atoms with van der Waals surface area (Å²) in [5.41, 5.74) is 0.0686. The smallest absolute Gasteiger partial charge is 0.154 e. The van der Waals surface area contributed by atoms with Crippen molar-refractivity contribution in [2.45, 2.75) is 6.42 Å². The van der Waals surface area contributed by atoms with E-state index in [2.05, 4.69) is 4.98 Å². The number of aromatic nitrogens is 1. The molecule has 0 saturated heterocycles. The monoisotopic (exact) mass is 192 g/mol. The number of aromatic amines is 1. The number of nitriles is 1. The molecule has 70 valence electrons. The van der Waals surface area contributed by atoms with Gasteiger partial charge >= 0.3 is 0 Å². The summed E-state index contributed by atoms with van der Waals surface area (Å²) in [5.74, 6) is -1.34. The molecule has 0 fully saturated rings. The third-order valence-corrected chi connectivity index (χ3v) is 2.09. The van der Waals surface area contributed by atoms with Crippen LogP contribution < -0.4 is 0 Å². The van der Waals surface area contributed by atoms with Gasteiger partial charge in [0.1, 0.15) is 5.82 Å². The molecule has 0 aliphatic carbocycles. The van der Waals surface area contributed by atoms with Crippen LogP contribution in [0.5, 0.6) is 0 Å². The number of hydrogen-bond acceptors (Lipinski definition) is 1. The molecule has 1 aromatic carbocycles. The van der Waals surface area contributed by atoms with Gasteiger partial charge in [-0.3, -0.25) is 0 Å². The summed E-state index contributed by atoms with van der Waals surface area (Å²) in [6.45, 7) is 0. The molecule has 1 heterocycles. The lowest BCUT2D eigenvalue weighted by molar-refractivity contribution is 0.571. The van der Waals surface area contributed by atoms with Crippen molar-refractivity contribution >= 4 is 10.9 Å².